The Labute approximate surface area is 223 Å². The molecule has 3 aromatic carbocycles. The SMILES string of the molecule is COc1ccc(NC(=O)CSc2nnc(C)n2-c2ccccc2OC)cc1NS(=O)(=O)c1ccc(F)cc1. The quantitative estimate of drug-likeness (QED) is 0.277. The van der Waals surface area contributed by atoms with Crippen LogP contribution in [0.5, 0.6) is 11.5 Å². The molecule has 198 valence electrons. The number of amides is 1. The first-order chi connectivity index (χ1) is 18.2. The highest BCUT2D eigenvalue weighted by molar-refractivity contribution is 7.99. The number of sulfonamides is 1. The Balaban J connectivity index is 1.48. The van der Waals surface area contributed by atoms with Gasteiger partial charge in [-0.05, 0) is 61.5 Å². The molecule has 1 heterocycles. The average Bonchev–Trinajstić information content (AvgIpc) is 3.27. The molecule has 0 unspecified atom stereocenters. The molecular weight excluding hydrogens is 533 g/mol. The van der Waals surface area contributed by atoms with E-state index < -0.39 is 15.8 Å². The van der Waals surface area contributed by atoms with Crippen molar-refractivity contribution in [2.24, 2.45) is 0 Å². The number of halogens is 1. The number of aromatic nitrogens is 3. The molecule has 13 heteroatoms. The monoisotopic (exact) mass is 557 g/mol. The van der Waals surface area contributed by atoms with E-state index in [1.165, 1.54) is 31.0 Å². The average molecular weight is 558 g/mol. The fraction of sp³-hybridized carbons (Fsp3) is 0.160. The van der Waals surface area contributed by atoms with E-state index in [4.69, 9.17) is 9.47 Å². The van der Waals surface area contributed by atoms with Crippen LogP contribution in [0.2, 0.25) is 0 Å². The number of carbonyl (C=O) groups is 1. The largest absolute Gasteiger partial charge is 0.495 e. The summed E-state index contributed by atoms with van der Waals surface area (Å²) in [4.78, 5) is 12.6. The molecule has 0 saturated heterocycles. The van der Waals surface area contributed by atoms with Crippen molar-refractivity contribution in [2.75, 3.05) is 30.0 Å². The van der Waals surface area contributed by atoms with Crippen molar-refractivity contribution in [2.45, 2.75) is 17.0 Å². The summed E-state index contributed by atoms with van der Waals surface area (Å²) in [6.07, 6.45) is 0. The molecule has 10 nitrogen and oxygen atoms in total. The molecule has 0 aliphatic rings. The lowest BCUT2D eigenvalue weighted by molar-refractivity contribution is -0.113. The molecule has 0 radical (unpaired) electrons. The van der Waals surface area contributed by atoms with Crippen molar-refractivity contribution in [1.82, 2.24) is 14.8 Å². The van der Waals surface area contributed by atoms with Crippen molar-refractivity contribution in [3.63, 3.8) is 0 Å². The molecule has 4 aromatic rings. The van der Waals surface area contributed by atoms with Crippen molar-refractivity contribution < 1.29 is 27.1 Å². The maximum atomic E-state index is 13.2. The first kappa shape index (κ1) is 26.9. The number of nitrogens with zero attached hydrogens (tertiary/aromatic N) is 3. The maximum absolute atomic E-state index is 13.2. The number of methoxy groups -OCH3 is 2. The fourth-order valence-corrected chi connectivity index (χ4v) is 5.39. The van der Waals surface area contributed by atoms with E-state index in [0.29, 0.717) is 22.4 Å². The second-order valence-corrected chi connectivity index (χ2v) is 10.5. The van der Waals surface area contributed by atoms with Gasteiger partial charge in [0.1, 0.15) is 23.1 Å². The van der Waals surface area contributed by atoms with Crippen LogP contribution in [-0.2, 0) is 14.8 Å². The fourth-order valence-electron chi connectivity index (χ4n) is 3.54. The Hall–Kier alpha value is -4.10. The van der Waals surface area contributed by atoms with E-state index in [1.807, 2.05) is 24.3 Å². The van der Waals surface area contributed by atoms with Crippen molar-refractivity contribution in [3.05, 3.63) is 78.4 Å². The van der Waals surface area contributed by atoms with E-state index in [0.717, 1.165) is 30.0 Å². The van der Waals surface area contributed by atoms with E-state index >= 15 is 0 Å². The predicted molar refractivity (Wildman–Crippen MR) is 142 cm³/mol. The Kier molecular flexibility index (Phi) is 8.17. The molecule has 0 fully saturated rings. The molecule has 2 N–H and O–H groups in total. The Morgan fingerprint density at radius 2 is 1.71 bits per heavy atom. The van der Waals surface area contributed by atoms with Crippen LogP contribution in [0.15, 0.2) is 76.8 Å². The number of benzene rings is 3. The van der Waals surface area contributed by atoms with Crippen molar-refractivity contribution in [1.29, 1.82) is 0 Å². The van der Waals surface area contributed by atoms with Gasteiger partial charge in [0.15, 0.2) is 5.16 Å². The molecule has 0 spiro atoms. The first-order valence-corrected chi connectivity index (χ1v) is 13.6. The summed E-state index contributed by atoms with van der Waals surface area (Å²) >= 11 is 1.18. The summed E-state index contributed by atoms with van der Waals surface area (Å²) < 4.78 is 53.7. The highest BCUT2D eigenvalue weighted by Crippen LogP contribution is 2.31. The highest BCUT2D eigenvalue weighted by Gasteiger charge is 2.19. The molecule has 0 bridgehead atoms. The van der Waals surface area contributed by atoms with Crippen LogP contribution in [0.25, 0.3) is 5.69 Å². The summed E-state index contributed by atoms with van der Waals surface area (Å²) in [5.74, 6) is 0.612. The highest BCUT2D eigenvalue weighted by atomic mass is 32.2. The number of hydrogen-bond donors (Lipinski definition) is 2. The minimum absolute atomic E-state index is 0.00987. The number of anilines is 2. The Morgan fingerprint density at radius 1 is 1.00 bits per heavy atom. The van der Waals surface area contributed by atoms with Crippen LogP contribution in [0, 0.1) is 12.7 Å². The summed E-state index contributed by atoms with van der Waals surface area (Å²) in [6, 6.07) is 16.3. The number of carbonyl (C=O) groups excluding carboxylic acids is 1. The number of aryl methyl sites for hydroxylation is 1. The van der Waals surface area contributed by atoms with Crippen LogP contribution in [0.1, 0.15) is 5.82 Å². The smallest absolute Gasteiger partial charge is 0.262 e. The van der Waals surface area contributed by atoms with E-state index in [1.54, 1.807) is 24.7 Å². The summed E-state index contributed by atoms with van der Waals surface area (Å²) in [7, 11) is -1.07. The summed E-state index contributed by atoms with van der Waals surface area (Å²) in [5, 5.41) is 11.6. The first-order valence-electron chi connectivity index (χ1n) is 11.2. The third-order valence-corrected chi connectivity index (χ3v) is 7.62. The number of hydrogen-bond acceptors (Lipinski definition) is 8. The van der Waals surface area contributed by atoms with Gasteiger partial charge in [-0.25, -0.2) is 12.8 Å². The summed E-state index contributed by atoms with van der Waals surface area (Å²) in [6.45, 7) is 1.80. The van der Waals surface area contributed by atoms with E-state index in [9.17, 15) is 17.6 Å². The minimum atomic E-state index is -4.03. The molecule has 0 aliphatic carbocycles. The van der Waals surface area contributed by atoms with Crippen molar-refractivity contribution >= 4 is 39.1 Å². The lowest BCUT2D eigenvalue weighted by atomic mass is 10.2. The Bertz CT molecular complexity index is 1560. The van der Waals surface area contributed by atoms with E-state index in [2.05, 4.69) is 20.2 Å². The molecule has 1 amide bonds. The number of nitrogens with one attached hydrogen (secondary N) is 2. The number of rotatable bonds is 10. The van der Waals surface area contributed by atoms with Gasteiger partial charge in [-0.2, -0.15) is 0 Å². The van der Waals surface area contributed by atoms with Crippen LogP contribution >= 0.6 is 11.8 Å². The zero-order valence-corrected chi connectivity index (χ0v) is 22.3. The molecule has 0 aliphatic heterocycles. The molecule has 0 saturated carbocycles. The number of thioether (sulfide) groups is 1. The van der Waals surface area contributed by atoms with Gasteiger partial charge in [0.05, 0.1) is 36.2 Å². The van der Waals surface area contributed by atoms with Gasteiger partial charge in [0.25, 0.3) is 10.0 Å². The number of ether oxygens (including phenoxy) is 2. The summed E-state index contributed by atoms with van der Waals surface area (Å²) in [5.41, 5.74) is 1.19. The molecule has 4 rings (SSSR count). The van der Waals surface area contributed by atoms with Gasteiger partial charge >= 0.3 is 0 Å². The van der Waals surface area contributed by atoms with Gasteiger partial charge in [-0.1, -0.05) is 23.9 Å². The van der Waals surface area contributed by atoms with Gasteiger partial charge < -0.3 is 14.8 Å². The van der Waals surface area contributed by atoms with E-state index in [-0.39, 0.29) is 28.0 Å². The van der Waals surface area contributed by atoms with Crippen LogP contribution in [-0.4, -0.2) is 49.1 Å². The third-order valence-electron chi connectivity index (χ3n) is 5.31. The van der Waals surface area contributed by atoms with Crippen molar-refractivity contribution in [3.8, 4) is 17.2 Å². The van der Waals surface area contributed by atoms with Crippen LogP contribution < -0.4 is 19.5 Å². The molecule has 1 aromatic heterocycles. The second-order valence-electron chi connectivity index (χ2n) is 7.85. The minimum Gasteiger partial charge on any atom is -0.495 e. The van der Waals surface area contributed by atoms with Gasteiger partial charge in [-0.15, -0.1) is 10.2 Å². The zero-order chi connectivity index (χ0) is 27.3. The van der Waals surface area contributed by atoms with Gasteiger partial charge in [0.2, 0.25) is 5.91 Å². The molecule has 0 atom stereocenters. The lowest BCUT2D eigenvalue weighted by Gasteiger charge is -2.14. The third kappa shape index (κ3) is 6.06. The van der Waals surface area contributed by atoms with Gasteiger partial charge in [0, 0.05) is 5.69 Å². The second kappa shape index (κ2) is 11.5. The van der Waals surface area contributed by atoms with Crippen LogP contribution in [0.4, 0.5) is 15.8 Å². The van der Waals surface area contributed by atoms with Crippen LogP contribution in [0.3, 0.4) is 0 Å². The number of para-hydroxylation sites is 2. The standard InChI is InChI=1S/C25H24FN5O5S2/c1-16-28-29-25(31(16)21-6-4-5-7-23(21)36-3)37-15-24(32)27-18-10-13-22(35-2)20(14-18)30-38(33,34)19-11-8-17(26)9-12-19/h4-14,30H,15H2,1-3H3,(H,27,32). The lowest BCUT2D eigenvalue weighted by Crippen LogP contribution is -2.16. The topological polar surface area (TPSA) is 124 Å². The zero-order valence-electron chi connectivity index (χ0n) is 20.6. The normalized spacial score (nSPS) is 11.2. The molecule has 38 heavy (non-hydrogen) atoms. The molecular formula is C25H24FN5O5S2. The Morgan fingerprint density at radius 3 is 2.42 bits per heavy atom. The maximum Gasteiger partial charge on any atom is 0.262 e. The van der Waals surface area contributed by atoms with Gasteiger partial charge in [-0.3, -0.25) is 14.1 Å². The predicted octanol–water partition coefficient (Wildman–Crippen LogP) is 4.26.